The highest BCUT2D eigenvalue weighted by molar-refractivity contribution is 9.10. The second-order valence-corrected chi connectivity index (χ2v) is 7.66. The zero-order valence-electron chi connectivity index (χ0n) is 16.1. The van der Waals surface area contributed by atoms with Crippen LogP contribution < -0.4 is 14.2 Å². The molecule has 29 heavy (non-hydrogen) atoms. The lowest BCUT2D eigenvalue weighted by molar-refractivity contribution is 0.101. The number of carbonyl (C=O) groups excluding carboxylic acids is 1. The van der Waals surface area contributed by atoms with Crippen LogP contribution in [-0.4, -0.2) is 12.9 Å². The van der Waals surface area contributed by atoms with Crippen LogP contribution in [0.1, 0.15) is 27.0 Å². The van der Waals surface area contributed by atoms with E-state index in [1.54, 1.807) is 19.3 Å². The number of hydrogen-bond donors (Lipinski definition) is 0. The number of benzene rings is 3. The van der Waals surface area contributed by atoms with Crippen molar-refractivity contribution in [2.75, 3.05) is 7.11 Å². The molecule has 1 aliphatic heterocycles. The van der Waals surface area contributed by atoms with E-state index in [0.717, 1.165) is 26.9 Å². The van der Waals surface area contributed by atoms with Gasteiger partial charge in [0.05, 0.1) is 12.7 Å². The third-order valence-corrected chi connectivity index (χ3v) is 5.15. The van der Waals surface area contributed by atoms with Crippen LogP contribution in [0.25, 0.3) is 6.08 Å². The maximum atomic E-state index is 12.8. The molecule has 0 amide bonds. The second kappa shape index (κ2) is 8.13. The van der Waals surface area contributed by atoms with E-state index in [1.807, 2.05) is 61.5 Å². The number of methoxy groups -OCH3 is 1. The van der Waals surface area contributed by atoms with Gasteiger partial charge in [0, 0.05) is 10.5 Å². The zero-order chi connectivity index (χ0) is 20.4. The number of Topliss-reactive ketones (excluding diaryl/α,β-unsaturated/α-hetero) is 1. The maximum absolute atomic E-state index is 12.8. The number of fused-ring (bicyclic) bond motifs is 1. The van der Waals surface area contributed by atoms with E-state index in [2.05, 4.69) is 15.9 Å². The molecule has 0 saturated carbocycles. The van der Waals surface area contributed by atoms with Gasteiger partial charge in [-0.2, -0.15) is 0 Å². The molecule has 0 aliphatic carbocycles. The van der Waals surface area contributed by atoms with Crippen molar-refractivity contribution in [3.8, 4) is 17.2 Å². The summed E-state index contributed by atoms with van der Waals surface area (Å²) in [5, 5.41) is 0. The van der Waals surface area contributed by atoms with Gasteiger partial charge in [0.2, 0.25) is 5.78 Å². The molecule has 0 spiro atoms. The number of carbonyl (C=O) groups is 1. The van der Waals surface area contributed by atoms with Crippen LogP contribution in [0.5, 0.6) is 17.2 Å². The molecular formula is C24H19BrO4. The minimum atomic E-state index is -0.112. The Kier molecular flexibility index (Phi) is 5.41. The van der Waals surface area contributed by atoms with Crippen molar-refractivity contribution in [2.24, 2.45) is 0 Å². The molecule has 5 heteroatoms. The number of halogens is 1. The van der Waals surface area contributed by atoms with E-state index in [0.29, 0.717) is 29.4 Å². The van der Waals surface area contributed by atoms with Gasteiger partial charge >= 0.3 is 0 Å². The number of ether oxygens (including phenoxy) is 3. The first-order chi connectivity index (χ1) is 14.0. The van der Waals surface area contributed by atoms with Gasteiger partial charge in [-0.1, -0.05) is 40.2 Å². The molecular weight excluding hydrogens is 432 g/mol. The minimum absolute atomic E-state index is 0.112. The quantitative estimate of drug-likeness (QED) is 0.449. The lowest BCUT2D eigenvalue weighted by atomic mass is 10.0. The van der Waals surface area contributed by atoms with Crippen LogP contribution in [-0.2, 0) is 6.61 Å². The Bertz CT molecular complexity index is 1100. The number of aryl methyl sites for hydroxylation is 1. The number of ketones is 1. The van der Waals surface area contributed by atoms with Crippen LogP contribution in [0.3, 0.4) is 0 Å². The molecule has 1 heterocycles. The topological polar surface area (TPSA) is 44.8 Å². The molecule has 0 aromatic heterocycles. The van der Waals surface area contributed by atoms with Gasteiger partial charge in [-0.25, -0.2) is 0 Å². The minimum Gasteiger partial charge on any atom is -0.497 e. The van der Waals surface area contributed by atoms with Gasteiger partial charge < -0.3 is 14.2 Å². The van der Waals surface area contributed by atoms with Crippen LogP contribution >= 0.6 is 15.9 Å². The van der Waals surface area contributed by atoms with Crippen LogP contribution in [0, 0.1) is 6.92 Å². The van der Waals surface area contributed by atoms with Gasteiger partial charge in [0.25, 0.3) is 0 Å². The highest BCUT2D eigenvalue weighted by Crippen LogP contribution is 2.37. The molecule has 1 aliphatic rings. The molecule has 0 bridgehead atoms. The zero-order valence-corrected chi connectivity index (χ0v) is 17.7. The lowest BCUT2D eigenvalue weighted by Crippen LogP contribution is -2.00. The number of rotatable bonds is 5. The maximum Gasteiger partial charge on any atom is 0.232 e. The summed E-state index contributed by atoms with van der Waals surface area (Å²) in [6, 6.07) is 19.1. The molecule has 3 aromatic carbocycles. The first kappa shape index (κ1) is 19.3. The van der Waals surface area contributed by atoms with E-state index in [4.69, 9.17) is 14.2 Å². The fourth-order valence-electron chi connectivity index (χ4n) is 3.20. The normalized spacial score (nSPS) is 13.9. The van der Waals surface area contributed by atoms with Crippen molar-refractivity contribution >= 4 is 27.8 Å². The lowest BCUT2D eigenvalue weighted by Gasteiger charge is -2.09. The van der Waals surface area contributed by atoms with Gasteiger partial charge in [0.15, 0.2) is 5.76 Å². The summed E-state index contributed by atoms with van der Waals surface area (Å²) < 4.78 is 17.9. The largest absolute Gasteiger partial charge is 0.497 e. The van der Waals surface area contributed by atoms with E-state index in [1.165, 1.54) is 0 Å². The molecule has 0 unspecified atom stereocenters. The Hall–Kier alpha value is -3.05. The van der Waals surface area contributed by atoms with Gasteiger partial charge in [-0.15, -0.1) is 0 Å². The molecule has 146 valence electrons. The van der Waals surface area contributed by atoms with E-state index in [9.17, 15) is 4.79 Å². The van der Waals surface area contributed by atoms with Gasteiger partial charge in [-0.05, 0) is 60.0 Å². The monoisotopic (exact) mass is 450 g/mol. The van der Waals surface area contributed by atoms with Gasteiger partial charge in [-0.3, -0.25) is 4.79 Å². The van der Waals surface area contributed by atoms with Gasteiger partial charge in [0.1, 0.15) is 23.9 Å². The fourth-order valence-corrected chi connectivity index (χ4v) is 3.61. The van der Waals surface area contributed by atoms with Crippen molar-refractivity contribution in [2.45, 2.75) is 13.5 Å². The summed E-state index contributed by atoms with van der Waals surface area (Å²) in [6.07, 6.45) is 1.75. The molecule has 0 atom stereocenters. The number of hydrogen-bond acceptors (Lipinski definition) is 4. The summed E-state index contributed by atoms with van der Waals surface area (Å²) in [6.45, 7) is 2.30. The van der Waals surface area contributed by atoms with Crippen molar-refractivity contribution in [1.29, 1.82) is 0 Å². The molecule has 0 radical (unpaired) electrons. The smallest absolute Gasteiger partial charge is 0.232 e. The second-order valence-electron chi connectivity index (χ2n) is 6.74. The average Bonchev–Trinajstić information content (AvgIpc) is 3.02. The summed E-state index contributed by atoms with van der Waals surface area (Å²) >= 11 is 3.44. The Labute approximate surface area is 177 Å². The van der Waals surface area contributed by atoms with Crippen LogP contribution in [0.4, 0.5) is 0 Å². The van der Waals surface area contributed by atoms with Crippen molar-refractivity contribution in [1.82, 2.24) is 0 Å². The summed E-state index contributed by atoms with van der Waals surface area (Å²) in [4.78, 5) is 12.8. The predicted molar refractivity (Wildman–Crippen MR) is 116 cm³/mol. The van der Waals surface area contributed by atoms with Crippen LogP contribution in [0.15, 0.2) is 70.9 Å². The fraction of sp³-hybridized carbons (Fsp3) is 0.125. The highest BCUT2D eigenvalue weighted by Gasteiger charge is 2.30. The highest BCUT2D eigenvalue weighted by atomic mass is 79.9. The first-order valence-electron chi connectivity index (χ1n) is 9.13. The SMILES string of the molecule is COc1ccc(COc2cc(C)c3c(c2)O/C(=C\c2cccc(Br)c2)C3=O)cc1. The Morgan fingerprint density at radius 3 is 2.55 bits per heavy atom. The Balaban J connectivity index is 1.54. The molecule has 3 aromatic rings. The Morgan fingerprint density at radius 2 is 1.83 bits per heavy atom. The molecule has 4 rings (SSSR count). The summed E-state index contributed by atoms with van der Waals surface area (Å²) in [7, 11) is 1.64. The summed E-state index contributed by atoms with van der Waals surface area (Å²) in [5.41, 5.74) is 3.33. The van der Waals surface area contributed by atoms with E-state index >= 15 is 0 Å². The first-order valence-corrected chi connectivity index (χ1v) is 9.93. The summed E-state index contributed by atoms with van der Waals surface area (Å²) in [5.74, 6) is 2.20. The standard InChI is InChI=1S/C24H19BrO4/c1-15-10-20(28-14-16-6-8-19(27-2)9-7-16)13-21-23(15)24(26)22(29-21)12-17-4-3-5-18(25)11-17/h3-13H,14H2,1-2H3/b22-12-. The Morgan fingerprint density at radius 1 is 1.03 bits per heavy atom. The van der Waals surface area contributed by atoms with Crippen molar-refractivity contribution < 1.29 is 19.0 Å². The molecule has 0 N–H and O–H groups in total. The predicted octanol–water partition coefficient (Wildman–Crippen LogP) is 5.96. The third-order valence-electron chi connectivity index (χ3n) is 4.65. The van der Waals surface area contributed by atoms with Crippen molar-refractivity contribution in [3.63, 3.8) is 0 Å². The average molecular weight is 451 g/mol. The molecule has 4 nitrogen and oxygen atoms in total. The van der Waals surface area contributed by atoms with E-state index in [-0.39, 0.29) is 5.78 Å². The third kappa shape index (κ3) is 4.20. The molecule has 0 saturated heterocycles. The van der Waals surface area contributed by atoms with Crippen LogP contribution in [0.2, 0.25) is 0 Å². The number of allylic oxidation sites excluding steroid dienone is 1. The van der Waals surface area contributed by atoms with Crippen molar-refractivity contribution in [3.05, 3.63) is 93.1 Å². The van der Waals surface area contributed by atoms with E-state index < -0.39 is 0 Å². The molecule has 0 fully saturated rings.